The normalized spacial score (nSPS) is 18.5. The Kier molecular flexibility index (Phi) is 6.17. The van der Waals surface area contributed by atoms with Gasteiger partial charge in [-0.05, 0) is 36.6 Å². The zero-order valence-electron chi connectivity index (χ0n) is 10.9. The van der Waals surface area contributed by atoms with Crippen molar-refractivity contribution >= 4 is 27.7 Å². The Morgan fingerprint density at radius 3 is 2.79 bits per heavy atom. The maximum Gasteiger partial charge on any atom is 0.123 e. The molecule has 1 aromatic rings. The molecular weight excluding hydrogens is 327 g/mol. The first-order chi connectivity index (χ1) is 9.15. The van der Waals surface area contributed by atoms with Crippen LogP contribution in [-0.2, 0) is 6.42 Å². The standard InChI is InChI=1S/C15H20BrFOS/c16-15-7-6-12(17)8-11(15)9-13(18)10-19-14-4-2-1-3-5-14/h6-8,13-14,18H,1-5,9-10H2. The van der Waals surface area contributed by atoms with Crippen molar-refractivity contribution in [3.8, 4) is 0 Å². The van der Waals surface area contributed by atoms with Crippen LogP contribution in [0, 0.1) is 5.82 Å². The molecular formula is C15H20BrFOS. The highest BCUT2D eigenvalue weighted by atomic mass is 79.9. The third-order valence-electron chi connectivity index (χ3n) is 3.54. The van der Waals surface area contributed by atoms with Crippen molar-refractivity contribution < 1.29 is 9.50 Å². The minimum absolute atomic E-state index is 0.245. The molecule has 106 valence electrons. The van der Waals surface area contributed by atoms with E-state index in [2.05, 4.69) is 15.9 Å². The van der Waals surface area contributed by atoms with Gasteiger partial charge in [0, 0.05) is 21.9 Å². The molecule has 1 aromatic carbocycles. The van der Waals surface area contributed by atoms with E-state index in [-0.39, 0.29) is 5.82 Å². The summed E-state index contributed by atoms with van der Waals surface area (Å²) in [6.07, 6.45) is 6.67. The van der Waals surface area contributed by atoms with E-state index in [0.29, 0.717) is 11.7 Å². The molecule has 1 fully saturated rings. The van der Waals surface area contributed by atoms with Gasteiger partial charge in [0.1, 0.15) is 5.82 Å². The van der Waals surface area contributed by atoms with Gasteiger partial charge >= 0.3 is 0 Å². The van der Waals surface area contributed by atoms with Crippen molar-refractivity contribution in [3.05, 3.63) is 34.1 Å². The molecule has 1 aliphatic rings. The predicted octanol–water partition coefficient (Wildman–Crippen LogP) is 4.56. The molecule has 4 heteroatoms. The van der Waals surface area contributed by atoms with Gasteiger partial charge in [-0.1, -0.05) is 35.2 Å². The van der Waals surface area contributed by atoms with Gasteiger partial charge < -0.3 is 5.11 Å². The summed E-state index contributed by atoms with van der Waals surface area (Å²) < 4.78 is 14.0. The SMILES string of the molecule is OC(CSC1CCCCC1)Cc1cc(F)ccc1Br. The highest BCUT2D eigenvalue weighted by Gasteiger charge is 2.16. The molecule has 0 aliphatic heterocycles. The minimum atomic E-state index is -0.398. The molecule has 1 saturated carbocycles. The fraction of sp³-hybridized carbons (Fsp3) is 0.600. The summed E-state index contributed by atoms with van der Waals surface area (Å²) in [6.45, 7) is 0. The van der Waals surface area contributed by atoms with Crippen molar-refractivity contribution in [2.24, 2.45) is 0 Å². The van der Waals surface area contributed by atoms with Gasteiger partial charge in [0.2, 0.25) is 0 Å². The van der Waals surface area contributed by atoms with Crippen molar-refractivity contribution in [2.75, 3.05) is 5.75 Å². The number of benzene rings is 1. The lowest BCUT2D eigenvalue weighted by Gasteiger charge is -2.22. The molecule has 19 heavy (non-hydrogen) atoms. The molecule has 0 heterocycles. The number of rotatable bonds is 5. The molecule has 0 spiro atoms. The van der Waals surface area contributed by atoms with Crippen LogP contribution in [0.15, 0.2) is 22.7 Å². The minimum Gasteiger partial charge on any atom is -0.392 e. The summed E-state index contributed by atoms with van der Waals surface area (Å²) in [7, 11) is 0. The number of thioether (sulfide) groups is 1. The predicted molar refractivity (Wildman–Crippen MR) is 83.1 cm³/mol. The van der Waals surface area contributed by atoms with Crippen molar-refractivity contribution in [1.29, 1.82) is 0 Å². The molecule has 0 saturated heterocycles. The lowest BCUT2D eigenvalue weighted by molar-refractivity contribution is 0.199. The van der Waals surface area contributed by atoms with Crippen molar-refractivity contribution in [2.45, 2.75) is 49.9 Å². The zero-order chi connectivity index (χ0) is 13.7. The van der Waals surface area contributed by atoms with Gasteiger partial charge in [0.25, 0.3) is 0 Å². The van der Waals surface area contributed by atoms with Gasteiger partial charge in [-0.15, -0.1) is 0 Å². The van der Waals surface area contributed by atoms with E-state index in [1.165, 1.54) is 44.2 Å². The first-order valence-corrected chi connectivity index (χ1v) is 8.73. The van der Waals surface area contributed by atoms with Gasteiger partial charge in [-0.25, -0.2) is 4.39 Å². The summed E-state index contributed by atoms with van der Waals surface area (Å²) in [6, 6.07) is 4.63. The smallest absolute Gasteiger partial charge is 0.123 e. The Morgan fingerprint density at radius 2 is 2.05 bits per heavy atom. The van der Waals surface area contributed by atoms with Crippen molar-refractivity contribution in [3.63, 3.8) is 0 Å². The van der Waals surface area contributed by atoms with Crippen LogP contribution in [0.2, 0.25) is 0 Å². The van der Waals surface area contributed by atoms with Crippen LogP contribution in [0.25, 0.3) is 0 Å². The van der Waals surface area contributed by atoms with E-state index in [4.69, 9.17) is 0 Å². The van der Waals surface area contributed by atoms with Gasteiger partial charge in [-0.2, -0.15) is 11.8 Å². The van der Waals surface area contributed by atoms with Crippen LogP contribution in [0.4, 0.5) is 4.39 Å². The molecule has 1 unspecified atom stereocenters. The van der Waals surface area contributed by atoms with Gasteiger partial charge in [0.15, 0.2) is 0 Å². The Morgan fingerprint density at radius 1 is 1.32 bits per heavy atom. The summed E-state index contributed by atoms with van der Waals surface area (Å²) in [5.74, 6) is 0.499. The second kappa shape index (κ2) is 7.65. The van der Waals surface area contributed by atoms with Crippen LogP contribution in [0.3, 0.4) is 0 Å². The second-order valence-corrected chi connectivity index (χ2v) is 7.37. The highest BCUT2D eigenvalue weighted by Crippen LogP contribution is 2.29. The third-order valence-corrected chi connectivity index (χ3v) is 5.83. The largest absolute Gasteiger partial charge is 0.392 e. The van der Waals surface area contributed by atoms with Crippen LogP contribution in [-0.4, -0.2) is 22.2 Å². The van der Waals surface area contributed by atoms with Gasteiger partial charge in [0.05, 0.1) is 6.10 Å². The Balaban J connectivity index is 1.80. The fourth-order valence-electron chi connectivity index (χ4n) is 2.49. The average Bonchev–Trinajstić information content (AvgIpc) is 2.42. The molecule has 0 radical (unpaired) electrons. The van der Waals surface area contributed by atoms with Crippen LogP contribution in [0.5, 0.6) is 0 Å². The Hall–Kier alpha value is -0.0600. The van der Waals surface area contributed by atoms with E-state index in [1.807, 2.05) is 11.8 Å². The molecule has 1 atom stereocenters. The lowest BCUT2D eigenvalue weighted by atomic mass is 10.0. The number of halogens is 2. The molecule has 0 amide bonds. The molecule has 2 rings (SSSR count). The van der Waals surface area contributed by atoms with E-state index < -0.39 is 6.10 Å². The summed E-state index contributed by atoms with van der Waals surface area (Å²) >= 11 is 5.28. The highest BCUT2D eigenvalue weighted by molar-refractivity contribution is 9.10. The third kappa shape index (κ3) is 5.09. The molecule has 1 aliphatic carbocycles. The number of aliphatic hydroxyl groups excluding tert-OH is 1. The summed E-state index contributed by atoms with van der Waals surface area (Å²) in [4.78, 5) is 0. The van der Waals surface area contributed by atoms with E-state index in [0.717, 1.165) is 15.8 Å². The van der Waals surface area contributed by atoms with Crippen LogP contribution in [0.1, 0.15) is 37.7 Å². The number of hydrogen-bond donors (Lipinski definition) is 1. The first-order valence-electron chi connectivity index (χ1n) is 6.89. The monoisotopic (exact) mass is 346 g/mol. The Labute approximate surface area is 127 Å². The topological polar surface area (TPSA) is 20.2 Å². The zero-order valence-corrected chi connectivity index (χ0v) is 13.4. The lowest BCUT2D eigenvalue weighted by Crippen LogP contribution is -2.18. The van der Waals surface area contributed by atoms with E-state index in [1.54, 1.807) is 6.07 Å². The van der Waals surface area contributed by atoms with Crippen LogP contribution >= 0.6 is 27.7 Å². The second-order valence-electron chi connectivity index (χ2n) is 5.19. The van der Waals surface area contributed by atoms with E-state index in [9.17, 15) is 9.50 Å². The summed E-state index contributed by atoms with van der Waals surface area (Å²) in [5, 5.41) is 10.8. The maximum atomic E-state index is 13.2. The number of hydrogen-bond acceptors (Lipinski definition) is 2. The Bertz CT molecular complexity index is 407. The molecule has 0 aromatic heterocycles. The van der Waals surface area contributed by atoms with Crippen LogP contribution < -0.4 is 0 Å². The maximum absolute atomic E-state index is 13.2. The molecule has 0 bridgehead atoms. The van der Waals surface area contributed by atoms with Crippen molar-refractivity contribution in [1.82, 2.24) is 0 Å². The molecule has 1 nitrogen and oxygen atoms in total. The van der Waals surface area contributed by atoms with Gasteiger partial charge in [-0.3, -0.25) is 0 Å². The molecule has 1 N–H and O–H groups in total. The first kappa shape index (κ1) is 15.3. The number of aliphatic hydroxyl groups is 1. The summed E-state index contributed by atoms with van der Waals surface area (Å²) in [5.41, 5.74) is 0.844. The van der Waals surface area contributed by atoms with E-state index >= 15 is 0 Å². The fourth-order valence-corrected chi connectivity index (χ4v) is 4.18. The average molecular weight is 347 g/mol. The quantitative estimate of drug-likeness (QED) is 0.843.